The second kappa shape index (κ2) is 4.51. The maximum Gasteiger partial charge on any atom is 0.471 e. The molecule has 1 aromatic carbocycles. The maximum absolute atomic E-state index is 12.3. The molecule has 2 nitrogen and oxygen atoms in total. The summed E-state index contributed by atoms with van der Waals surface area (Å²) in [7, 11) is -1.05. The molecule has 1 aromatic rings. The highest BCUT2D eigenvalue weighted by Gasteiger charge is 2.41. The van der Waals surface area contributed by atoms with E-state index in [9.17, 15) is 31.1 Å². The van der Waals surface area contributed by atoms with Crippen LogP contribution in [-0.4, -0.2) is 19.1 Å². The number of anilines is 1. The largest absolute Gasteiger partial charge is 0.471 e. The average molecular weight is 272 g/mol. The first-order chi connectivity index (χ1) is 8.57. The molecule has 0 aliphatic rings. The number of rotatable bonds is 1. The van der Waals surface area contributed by atoms with E-state index in [4.69, 9.17) is 1.37 Å². The predicted octanol–water partition coefficient (Wildman–Crippen LogP) is 3.23. The van der Waals surface area contributed by atoms with E-state index in [1.54, 1.807) is 0 Å². The molecular formula is C10H7F6NO. The number of benzene rings is 1. The third kappa shape index (κ3) is 3.14. The molecule has 0 bridgehead atoms. The molecule has 0 saturated heterocycles. The van der Waals surface area contributed by atoms with Crippen LogP contribution in [0.25, 0.3) is 0 Å². The normalized spacial score (nSPS) is 13.1. The number of halogens is 6. The lowest BCUT2D eigenvalue weighted by Gasteiger charge is -2.19. The van der Waals surface area contributed by atoms with Gasteiger partial charge in [0.1, 0.15) is 0 Å². The van der Waals surface area contributed by atoms with Crippen molar-refractivity contribution >= 4 is 11.6 Å². The smallest absolute Gasteiger partial charge is 0.308 e. The Morgan fingerprint density at radius 2 is 1.61 bits per heavy atom. The highest BCUT2D eigenvalue weighted by molar-refractivity contribution is 5.96. The van der Waals surface area contributed by atoms with Gasteiger partial charge in [0.2, 0.25) is 0 Å². The van der Waals surface area contributed by atoms with Gasteiger partial charge in [0, 0.05) is 14.1 Å². The summed E-state index contributed by atoms with van der Waals surface area (Å²) >= 11 is 0. The van der Waals surface area contributed by atoms with Crippen LogP contribution < -0.4 is 4.90 Å². The zero-order chi connectivity index (χ0) is 14.8. The first kappa shape index (κ1) is 12.7. The Balaban J connectivity index is 3.05. The van der Waals surface area contributed by atoms with E-state index < -0.39 is 36.5 Å². The Morgan fingerprint density at radius 3 is 1.94 bits per heavy atom. The standard InChI is InChI=1S/C10H7F6NO/c1-17(8(18)10(14,15)16)7-4-2-6(3-5-7)9(11,12)13/h2-5H,1H3/i1D. The molecule has 0 N–H and O–H groups in total. The lowest BCUT2D eigenvalue weighted by Crippen LogP contribution is -2.38. The average Bonchev–Trinajstić information content (AvgIpc) is 2.28. The van der Waals surface area contributed by atoms with Crippen LogP contribution >= 0.6 is 0 Å². The van der Waals surface area contributed by atoms with E-state index in [-0.39, 0.29) is 4.90 Å². The highest BCUT2D eigenvalue weighted by Crippen LogP contribution is 2.31. The number of carbonyl (C=O) groups is 1. The van der Waals surface area contributed by atoms with Crippen LogP contribution in [0.15, 0.2) is 24.3 Å². The molecule has 0 atom stereocenters. The third-order valence-electron chi connectivity index (χ3n) is 1.99. The summed E-state index contributed by atoms with van der Waals surface area (Å²) in [5.74, 6) is -2.30. The molecule has 0 aliphatic carbocycles. The molecule has 0 unspecified atom stereocenters. The van der Waals surface area contributed by atoms with Gasteiger partial charge in [-0.15, -0.1) is 0 Å². The van der Waals surface area contributed by atoms with Crippen molar-refractivity contribution in [3.05, 3.63) is 29.8 Å². The molecule has 0 spiro atoms. The molecule has 1 rings (SSSR count). The van der Waals surface area contributed by atoms with Crippen LogP contribution in [0.1, 0.15) is 6.93 Å². The maximum atomic E-state index is 12.3. The predicted molar refractivity (Wildman–Crippen MR) is 50.9 cm³/mol. The van der Waals surface area contributed by atoms with Crippen molar-refractivity contribution < 1.29 is 32.5 Å². The summed E-state index contributed by atoms with van der Waals surface area (Å²) in [5, 5.41) is 0. The van der Waals surface area contributed by atoms with Crippen LogP contribution in [0.5, 0.6) is 0 Å². The summed E-state index contributed by atoms with van der Waals surface area (Å²) in [6.45, 7) is 0. The molecule has 0 fully saturated rings. The molecule has 18 heavy (non-hydrogen) atoms. The van der Waals surface area contributed by atoms with Crippen LogP contribution in [0, 0.1) is 0 Å². The quantitative estimate of drug-likeness (QED) is 0.719. The van der Waals surface area contributed by atoms with Gasteiger partial charge in [-0.3, -0.25) is 4.79 Å². The van der Waals surface area contributed by atoms with Gasteiger partial charge in [0.05, 0.1) is 5.56 Å². The lowest BCUT2D eigenvalue weighted by molar-refractivity contribution is -0.170. The Hall–Kier alpha value is -1.73. The molecule has 0 saturated carbocycles. The Morgan fingerprint density at radius 1 is 1.11 bits per heavy atom. The van der Waals surface area contributed by atoms with Crippen LogP contribution in [0.2, 0.25) is 0 Å². The first-order valence-electron chi connectivity index (χ1n) is 5.13. The van der Waals surface area contributed by atoms with Crippen molar-refractivity contribution in [3.63, 3.8) is 0 Å². The number of hydrogen-bond acceptors (Lipinski definition) is 1. The number of nitrogens with zero attached hydrogens (tertiary/aromatic N) is 1. The minimum absolute atomic E-state index is 0.0279. The summed E-state index contributed by atoms with van der Waals surface area (Å²) in [5.41, 5.74) is -1.48. The highest BCUT2D eigenvalue weighted by atomic mass is 19.4. The van der Waals surface area contributed by atoms with Crippen molar-refractivity contribution in [1.29, 1.82) is 0 Å². The molecule has 1 amide bonds. The van der Waals surface area contributed by atoms with E-state index in [0.29, 0.717) is 24.3 Å². The third-order valence-corrected chi connectivity index (χ3v) is 1.99. The monoisotopic (exact) mass is 272 g/mol. The SMILES string of the molecule is [2H]CN(C(=O)C(F)(F)F)c1ccc(C(F)(F)F)cc1. The molecule has 100 valence electrons. The number of hydrogen-bond donors (Lipinski definition) is 0. The van der Waals surface area contributed by atoms with Crippen molar-refractivity contribution in [3.8, 4) is 0 Å². The van der Waals surface area contributed by atoms with Gasteiger partial charge < -0.3 is 4.90 Å². The van der Waals surface area contributed by atoms with E-state index in [2.05, 4.69) is 0 Å². The van der Waals surface area contributed by atoms with Crippen LogP contribution in [0.3, 0.4) is 0 Å². The second-order valence-corrected chi connectivity index (χ2v) is 3.28. The number of carbonyl (C=O) groups excluding carboxylic acids is 1. The topological polar surface area (TPSA) is 20.3 Å². The van der Waals surface area contributed by atoms with Gasteiger partial charge in [0.15, 0.2) is 0 Å². The van der Waals surface area contributed by atoms with E-state index in [1.165, 1.54) is 0 Å². The zero-order valence-corrected chi connectivity index (χ0v) is 8.64. The van der Waals surface area contributed by atoms with Gasteiger partial charge in [-0.05, 0) is 24.3 Å². The number of alkyl halides is 6. The van der Waals surface area contributed by atoms with Gasteiger partial charge in [-0.1, -0.05) is 0 Å². The molecule has 0 heterocycles. The fourth-order valence-corrected chi connectivity index (χ4v) is 1.10. The van der Waals surface area contributed by atoms with E-state index in [0.717, 1.165) is 0 Å². The summed E-state index contributed by atoms with van der Waals surface area (Å²) < 4.78 is 80.2. The molecule has 0 aliphatic heterocycles. The summed E-state index contributed by atoms with van der Waals surface area (Å²) in [4.78, 5) is 11.0. The zero-order valence-electron chi connectivity index (χ0n) is 9.64. The minimum atomic E-state index is -5.19. The van der Waals surface area contributed by atoms with Crippen molar-refractivity contribution in [2.75, 3.05) is 11.9 Å². The second-order valence-electron chi connectivity index (χ2n) is 3.28. The Kier molecular flexibility index (Phi) is 3.18. The van der Waals surface area contributed by atoms with E-state index in [1.807, 2.05) is 0 Å². The lowest BCUT2D eigenvalue weighted by atomic mass is 10.2. The van der Waals surface area contributed by atoms with Gasteiger partial charge in [0.25, 0.3) is 0 Å². The van der Waals surface area contributed by atoms with Crippen molar-refractivity contribution in [2.45, 2.75) is 12.4 Å². The van der Waals surface area contributed by atoms with Crippen LogP contribution in [0.4, 0.5) is 32.0 Å². The summed E-state index contributed by atoms with van der Waals surface area (Å²) in [6.07, 6.45) is -9.82. The van der Waals surface area contributed by atoms with Crippen LogP contribution in [-0.2, 0) is 11.0 Å². The molecule has 0 aromatic heterocycles. The Labute approximate surface area is 99.2 Å². The first-order valence-corrected chi connectivity index (χ1v) is 4.42. The molecule has 0 radical (unpaired) electrons. The fraction of sp³-hybridized carbons (Fsp3) is 0.300. The molecular weight excluding hydrogens is 264 g/mol. The van der Waals surface area contributed by atoms with Gasteiger partial charge in [-0.25, -0.2) is 0 Å². The number of amides is 1. The Bertz CT molecular complexity index is 453. The summed E-state index contributed by atoms with van der Waals surface area (Å²) in [6, 6.07) is 2.51. The van der Waals surface area contributed by atoms with Gasteiger partial charge in [-0.2, -0.15) is 26.3 Å². The van der Waals surface area contributed by atoms with Crippen molar-refractivity contribution in [1.82, 2.24) is 0 Å². The minimum Gasteiger partial charge on any atom is -0.308 e. The molecule has 8 heteroatoms. The van der Waals surface area contributed by atoms with Crippen molar-refractivity contribution in [2.24, 2.45) is 0 Å². The fourth-order valence-electron chi connectivity index (χ4n) is 1.10. The van der Waals surface area contributed by atoms with E-state index >= 15 is 0 Å². The van der Waals surface area contributed by atoms with Gasteiger partial charge >= 0.3 is 18.3 Å².